The third-order valence-corrected chi connectivity index (χ3v) is 3.41. The summed E-state index contributed by atoms with van der Waals surface area (Å²) < 4.78 is 38.2. The van der Waals surface area contributed by atoms with Gasteiger partial charge in [0.2, 0.25) is 0 Å². The van der Waals surface area contributed by atoms with E-state index in [9.17, 15) is 13.2 Å². The van der Waals surface area contributed by atoms with Crippen LogP contribution in [-0.4, -0.2) is 6.54 Å². The van der Waals surface area contributed by atoms with Crippen LogP contribution >= 0.6 is 0 Å². The summed E-state index contributed by atoms with van der Waals surface area (Å²) in [5.74, 6) is 0. The molecule has 4 heteroatoms. The van der Waals surface area contributed by atoms with E-state index in [1.807, 2.05) is 6.92 Å². The Morgan fingerprint density at radius 3 is 2.45 bits per heavy atom. The third-order valence-electron chi connectivity index (χ3n) is 3.41. The standard InChI is InChI=1S/C16H24F3N/c1-3-5-6-7-11-15(20-4-2)13-9-8-10-14(12-13)16(17,18)19/h8-10,12,15,20H,3-7,11H2,1-2H3. The fourth-order valence-corrected chi connectivity index (χ4v) is 2.34. The Morgan fingerprint density at radius 2 is 1.85 bits per heavy atom. The van der Waals surface area contributed by atoms with Gasteiger partial charge < -0.3 is 5.32 Å². The highest BCUT2D eigenvalue weighted by Crippen LogP contribution is 2.31. The second-order valence-corrected chi connectivity index (χ2v) is 5.08. The highest BCUT2D eigenvalue weighted by Gasteiger charge is 2.30. The van der Waals surface area contributed by atoms with Gasteiger partial charge in [0.25, 0.3) is 0 Å². The molecular weight excluding hydrogens is 263 g/mol. The Balaban J connectivity index is 2.75. The van der Waals surface area contributed by atoms with Crippen LogP contribution in [-0.2, 0) is 6.18 Å². The minimum Gasteiger partial charge on any atom is -0.310 e. The smallest absolute Gasteiger partial charge is 0.310 e. The number of hydrogen-bond donors (Lipinski definition) is 1. The van der Waals surface area contributed by atoms with E-state index >= 15 is 0 Å². The summed E-state index contributed by atoms with van der Waals surface area (Å²) >= 11 is 0. The van der Waals surface area contributed by atoms with Crippen LogP contribution in [0.2, 0.25) is 0 Å². The summed E-state index contributed by atoms with van der Waals surface area (Å²) in [4.78, 5) is 0. The molecule has 0 bridgehead atoms. The van der Waals surface area contributed by atoms with Gasteiger partial charge >= 0.3 is 6.18 Å². The van der Waals surface area contributed by atoms with Crippen molar-refractivity contribution in [2.75, 3.05) is 6.54 Å². The van der Waals surface area contributed by atoms with Gasteiger partial charge in [-0.25, -0.2) is 0 Å². The van der Waals surface area contributed by atoms with Gasteiger partial charge in [-0.15, -0.1) is 0 Å². The number of nitrogens with one attached hydrogen (secondary N) is 1. The van der Waals surface area contributed by atoms with Crippen molar-refractivity contribution in [2.45, 2.75) is 58.2 Å². The number of rotatable bonds is 8. The predicted octanol–water partition coefficient (Wildman–Crippen LogP) is 5.33. The molecule has 0 aromatic heterocycles. The molecule has 1 aromatic carbocycles. The van der Waals surface area contributed by atoms with Crippen LogP contribution < -0.4 is 5.32 Å². The monoisotopic (exact) mass is 287 g/mol. The summed E-state index contributed by atoms with van der Waals surface area (Å²) in [6, 6.07) is 5.69. The molecule has 1 aromatic rings. The quantitative estimate of drug-likeness (QED) is 0.637. The van der Waals surface area contributed by atoms with Gasteiger partial charge in [-0.1, -0.05) is 51.7 Å². The van der Waals surface area contributed by atoms with Crippen LogP contribution in [0, 0.1) is 0 Å². The summed E-state index contributed by atoms with van der Waals surface area (Å²) in [5.41, 5.74) is 0.171. The molecule has 1 N–H and O–H groups in total. The molecular formula is C16H24F3N. The van der Waals surface area contributed by atoms with Crippen LogP contribution in [0.1, 0.15) is 63.1 Å². The minimum absolute atomic E-state index is 0.0131. The SMILES string of the molecule is CCCCCCC(NCC)c1cccc(C(F)(F)F)c1. The van der Waals surface area contributed by atoms with Gasteiger partial charge in [0.15, 0.2) is 0 Å². The second-order valence-electron chi connectivity index (χ2n) is 5.08. The fourth-order valence-electron chi connectivity index (χ4n) is 2.34. The molecule has 1 unspecified atom stereocenters. The van der Waals surface area contributed by atoms with E-state index in [-0.39, 0.29) is 6.04 Å². The third kappa shape index (κ3) is 5.53. The molecule has 0 aliphatic carbocycles. The maximum absolute atomic E-state index is 12.7. The minimum atomic E-state index is -4.27. The van der Waals surface area contributed by atoms with Crippen molar-refractivity contribution < 1.29 is 13.2 Å². The first kappa shape index (κ1) is 17.0. The van der Waals surface area contributed by atoms with Gasteiger partial charge in [-0.3, -0.25) is 0 Å². The molecule has 0 heterocycles. The number of halogens is 3. The fraction of sp³-hybridized carbons (Fsp3) is 0.625. The van der Waals surface area contributed by atoms with E-state index in [4.69, 9.17) is 0 Å². The Bertz CT molecular complexity index is 388. The maximum atomic E-state index is 12.7. The first-order chi connectivity index (χ1) is 9.49. The van der Waals surface area contributed by atoms with Crippen LogP contribution in [0.15, 0.2) is 24.3 Å². The van der Waals surface area contributed by atoms with Gasteiger partial charge in [-0.2, -0.15) is 13.2 Å². The van der Waals surface area contributed by atoms with Crippen molar-refractivity contribution in [2.24, 2.45) is 0 Å². The lowest BCUT2D eigenvalue weighted by atomic mass is 9.98. The van der Waals surface area contributed by atoms with E-state index in [0.29, 0.717) is 0 Å². The largest absolute Gasteiger partial charge is 0.416 e. The van der Waals surface area contributed by atoms with Crippen LogP contribution in [0.5, 0.6) is 0 Å². The van der Waals surface area contributed by atoms with Crippen molar-refractivity contribution in [1.82, 2.24) is 5.32 Å². The molecule has 0 aliphatic rings. The molecule has 0 amide bonds. The lowest BCUT2D eigenvalue weighted by Gasteiger charge is -2.19. The Morgan fingerprint density at radius 1 is 1.10 bits per heavy atom. The maximum Gasteiger partial charge on any atom is 0.416 e. The molecule has 0 saturated heterocycles. The van der Waals surface area contributed by atoms with Gasteiger partial charge in [-0.05, 0) is 30.7 Å². The van der Waals surface area contributed by atoms with Gasteiger partial charge in [0.1, 0.15) is 0 Å². The van der Waals surface area contributed by atoms with Crippen molar-refractivity contribution in [3.05, 3.63) is 35.4 Å². The topological polar surface area (TPSA) is 12.0 Å². The normalized spacial score (nSPS) is 13.4. The first-order valence-corrected chi connectivity index (χ1v) is 7.39. The first-order valence-electron chi connectivity index (χ1n) is 7.39. The average Bonchev–Trinajstić information content (AvgIpc) is 2.41. The van der Waals surface area contributed by atoms with Crippen molar-refractivity contribution in [3.63, 3.8) is 0 Å². The zero-order chi connectivity index (χ0) is 15.0. The summed E-state index contributed by atoms with van der Waals surface area (Å²) in [6.45, 7) is 4.88. The molecule has 0 saturated carbocycles. The van der Waals surface area contributed by atoms with Crippen LogP contribution in [0.25, 0.3) is 0 Å². The molecule has 0 fully saturated rings. The lowest BCUT2D eigenvalue weighted by Crippen LogP contribution is -2.21. The van der Waals surface area contributed by atoms with Gasteiger partial charge in [0, 0.05) is 6.04 Å². The van der Waals surface area contributed by atoms with Crippen LogP contribution in [0.4, 0.5) is 13.2 Å². The number of hydrogen-bond acceptors (Lipinski definition) is 1. The summed E-state index contributed by atoms with van der Waals surface area (Å²) in [6.07, 6.45) is 1.14. The zero-order valence-electron chi connectivity index (χ0n) is 12.3. The van der Waals surface area contributed by atoms with E-state index < -0.39 is 11.7 Å². The molecule has 1 nitrogen and oxygen atoms in total. The molecule has 20 heavy (non-hydrogen) atoms. The van der Waals surface area contributed by atoms with E-state index in [1.165, 1.54) is 18.6 Å². The molecule has 114 valence electrons. The second kappa shape index (κ2) is 8.30. The van der Waals surface area contributed by atoms with Crippen LogP contribution in [0.3, 0.4) is 0 Å². The molecule has 0 radical (unpaired) electrons. The molecule has 1 rings (SSSR count). The molecule has 0 spiro atoms. The predicted molar refractivity (Wildman–Crippen MR) is 76.6 cm³/mol. The van der Waals surface area contributed by atoms with Crippen molar-refractivity contribution in [3.8, 4) is 0 Å². The number of alkyl halides is 3. The lowest BCUT2D eigenvalue weighted by molar-refractivity contribution is -0.137. The Labute approximate surface area is 119 Å². The Hall–Kier alpha value is -1.03. The molecule has 1 atom stereocenters. The number of unbranched alkanes of at least 4 members (excludes halogenated alkanes) is 3. The van der Waals surface area contributed by atoms with E-state index in [2.05, 4.69) is 12.2 Å². The highest BCUT2D eigenvalue weighted by atomic mass is 19.4. The Kier molecular flexibility index (Phi) is 7.06. The summed E-state index contributed by atoms with van der Waals surface area (Å²) in [7, 11) is 0. The van der Waals surface area contributed by atoms with E-state index in [1.54, 1.807) is 6.07 Å². The number of benzene rings is 1. The molecule has 0 aliphatic heterocycles. The van der Waals surface area contributed by atoms with Crippen molar-refractivity contribution in [1.29, 1.82) is 0 Å². The van der Waals surface area contributed by atoms with Gasteiger partial charge in [0.05, 0.1) is 5.56 Å². The van der Waals surface area contributed by atoms with Crippen molar-refractivity contribution >= 4 is 0 Å². The zero-order valence-corrected chi connectivity index (χ0v) is 12.3. The average molecular weight is 287 g/mol. The van der Waals surface area contributed by atoms with E-state index in [0.717, 1.165) is 43.9 Å². The highest BCUT2D eigenvalue weighted by molar-refractivity contribution is 5.28. The summed E-state index contributed by atoms with van der Waals surface area (Å²) in [5, 5.41) is 3.29.